The molecule has 1 saturated heterocycles. The lowest BCUT2D eigenvalue weighted by Gasteiger charge is -2.29. The predicted octanol–water partition coefficient (Wildman–Crippen LogP) is 5.12. The van der Waals surface area contributed by atoms with Gasteiger partial charge in [0.25, 0.3) is 5.56 Å². The molecule has 0 spiro atoms. The van der Waals surface area contributed by atoms with E-state index < -0.39 is 0 Å². The van der Waals surface area contributed by atoms with Crippen LogP contribution in [0.5, 0.6) is 5.75 Å². The molecular weight excluding hydrogens is 502 g/mol. The van der Waals surface area contributed by atoms with Gasteiger partial charge in [0, 0.05) is 23.9 Å². The number of piperidine rings is 1. The first kappa shape index (κ1) is 26.7. The van der Waals surface area contributed by atoms with Crippen LogP contribution in [0.3, 0.4) is 0 Å². The van der Waals surface area contributed by atoms with Gasteiger partial charge in [0.1, 0.15) is 11.6 Å². The van der Waals surface area contributed by atoms with Crippen LogP contribution in [0, 0.1) is 12.8 Å². The number of hydrogen-bond donors (Lipinski definition) is 1. The van der Waals surface area contributed by atoms with Crippen LogP contribution in [0.2, 0.25) is 0 Å². The molecule has 10 heteroatoms. The zero-order chi connectivity index (χ0) is 26.6. The highest BCUT2D eigenvalue weighted by atomic mass is 32.2. The van der Waals surface area contributed by atoms with E-state index in [1.54, 1.807) is 16.5 Å². The summed E-state index contributed by atoms with van der Waals surface area (Å²) in [6, 6.07) is 6.04. The molecule has 0 bridgehead atoms. The second kappa shape index (κ2) is 11.9. The van der Waals surface area contributed by atoms with E-state index in [4.69, 9.17) is 19.6 Å². The summed E-state index contributed by atoms with van der Waals surface area (Å²) in [6.07, 6.45) is 6.96. The fourth-order valence-corrected chi connectivity index (χ4v) is 6.43. The Balaban J connectivity index is 1.45. The average molecular weight is 540 g/mol. The Hall–Kier alpha value is -2.85. The number of esters is 1. The molecular formula is C28H37N5O4S. The summed E-state index contributed by atoms with van der Waals surface area (Å²) in [5, 5.41) is 4.92. The smallest absolute Gasteiger partial charge is 0.309 e. The average Bonchev–Trinajstić information content (AvgIpc) is 3.56. The maximum Gasteiger partial charge on any atom is 0.309 e. The summed E-state index contributed by atoms with van der Waals surface area (Å²) >= 11 is 1.66. The van der Waals surface area contributed by atoms with Gasteiger partial charge in [-0.2, -0.15) is 0 Å². The van der Waals surface area contributed by atoms with E-state index in [-0.39, 0.29) is 17.4 Å². The van der Waals surface area contributed by atoms with Gasteiger partial charge in [-0.15, -0.1) is 5.10 Å². The van der Waals surface area contributed by atoms with E-state index in [1.165, 1.54) is 12.8 Å². The molecule has 2 aromatic heterocycles. The largest absolute Gasteiger partial charge is 0.493 e. The number of benzene rings is 1. The summed E-state index contributed by atoms with van der Waals surface area (Å²) in [5.41, 5.74) is 1.80. The topological polar surface area (TPSA) is 102 Å². The Morgan fingerprint density at radius 2 is 1.92 bits per heavy atom. The monoisotopic (exact) mass is 539 g/mol. The Kier molecular flexibility index (Phi) is 8.38. The third-order valence-corrected chi connectivity index (χ3v) is 8.49. The third kappa shape index (κ3) is 5.61. The maximum absolute atomic E-state index is 13.2. The maximum atomic E-state index is 13.2. The zero-order valence-corrected chi connectivity index (χ0v) is 23.3. The lowest BCUT2D eigenvalue weighted by molar-refractivity contribution is -0.149. The number of aromatic nitrogens is 4. The molecule has 2 aliphatic rings. The number of carbonyl (C=O) groups excluding carboxylic acids is 1. The van der Waals surface area contributed by atoms with E-state index >= 15 is 0 Å². The van der Waals surface area contributed by atoms with E-state index in [9.17, 15) is 9.59 Å². The number of aromatic amines is 1. The molecule has 9 nitrogen and oxygen atoms in total. The third-order valence-electron chi connectivity index (χ3n) is 7.40. The van der Waals surface area contributed by atoms with Crippen LogP contribution in [0.4, 0.5) is 0 Å². The normalized spacial score (nSPS) is 17.3. The number of fused-ring (bicyclic) bond motifs is 1. The molecule has 204 valence electrons. The van der Waals surface area contributed by atoms with Crippen LogP contribution in [0.1, 0.15) is 76.2 Å². The van der Waals surface area contributed by atoms with Crippen molar-refractivity contribution >= 4 is 23.4 Å². The Morgan fingerprint density at radius 1 is 1.16 bits per heavy atom. The van der Waals surface area contributed by atoms with Crippen molar-refractivity contribution in [3.63, 3.8) is 0 Å². The van der Waals surface area contributed by atoms with Gasteiger partial charge < -0.3 is 14.5 Å². The first-order valence-corrected chi connectivity index (χ1v) is 14.6. The van der Waals surface area contributed by atoms with Crippen LogP contribution in [-0.4, -0.2) is 56.2 Å². The summed E-state index contributed by atoms with van der Waals surface area (Å²) in [4.78, 5) is 34.2. The number of imidazole rings is 1. The molecule has 0 unspecified atom stereocenters. The highest BCUT2D eigenvalue weighted by molar-refractivity contribution is 7.97. The van der Waals surface area contributed by atoms with Gasteiger partial charge in [-0.3, -0.25) is 9.59 Å². The minimum Gasteiger partial charge on any atom is -0.493 e. The molecule has 5 rings (SSSR count). The van der Waals surface area contributed by atoms with Crippen molar-refractivity contribution in [2.75, 3.05) is 26.3 Å². The number of aryl methyl sites for hydroxylation is 1. The molecule has 1 aliphatic carbocycles. The molecule has 3 heterocycles. The van der Waals surface area contributed by atoms with E-state index in [0.29, 0.717) is 41.9 Å². The van der Waals surface area contributed by atoms with E-state index in [0.717, 1.165) is 61.5 Å². The Labute approximate surface area is 227 Å². The lowest BCUT2D eigenvalue weighted by atomic mass is 9.98. The summed E-state index contributed by atoms with van der Waals surface area (Å²) in [6.45, 7) is 8.39. The number of nitrogens with one attached hydrogen (secondary N) is 1. The van der Waals surface area contributed by atoms with E-state index in [1.807, 2.05) is 32.0 Å². The molecule has 1 aliphatic heterocycles. The predicted molar refractivity (Wildman–Crippen MR) is 148 cm³/mol. The fraction of sp³-hybridized carbons (Fsp3) is 0.571. The van der Waals surface area contributed by atoms with Gasteiger partial charge in [0.05, 0.1) is 30.4 Å². The molecule has 1 N–H and O–H groups in total. The molecule has 1 aromatic carbocycles. The number of nitrogens with zero attached hydrogens (tertiary/aromatic N) is 4. The minimum absolute atomic E-state index is 0.0270. The van der Waals surface area contributed by atoms with Crippen molar-refractivity contribution < 1.29 is 14.3 Å². The second-order valence-electron chi connectivity index (χ2n) is 10.2. The molecule has 0 radical (unpaired) electrons. The van der Waals surface area contributed by atoms with Crippen molar-refractivity contribution in [3.05, 3.63) is 40.1 Å². The molecule has 1 saturated carbocycles. The SMILES string of the molecule is CCCOc1ccc(SN2CCC(C(=O)OCC)CC2)cc1-c1nn2c(C3CCCC3)nc(C)c2c(=O)[nH]1. The molecule has 3 aromatic rings. The Bertz CT molecular complexity index is 1340. The van der Waals surface area contributed by atoms with Crippen LogP contribution >= 0.6 is 11.9 Å². The fourth-order valence-electron chi connectivity index (χ4n) is 5.44. The van der Waals surface area contributed by atoms with Crippen LogP contribution in [0.15, 0.2) is 27.9 Å². The number of hydrogen-bond acceptors (Lipinski definition) is 8. The molecule has 38 heavy (non-hydrogen) atoms. The van der Waals surface area contributed by atoms with Gasteiger partial charge in [-0.1, -0.05) is 19.8 Å². The summed E-state index contributed by atoms with van der Waals surface area (Å²) in [5.74, 6) is 2.27. The van der Waals surface area contributed by atoms with Crippen LogP contribution in [0.25, 0.3) is 16.9 Å². The Morgan fingerprint density at radius 3 is 2.63 bits per heavy atom. The van der Waals surface area contributed by atoms with Crippen molar-refractivity contribution in [3.8, 4) is 17.1 Å². The van der Waals surface area contributed by atoms with Gasteiger partial charge >= 0.3 is 5.97 Å². The molecule has 0 amide bonds. The number of carbonyl (C=O) groups is 1. The molecule has 0 atom stereocenters. The van der Waals surface area contributed by atoms with E-state index in [2.05, 4.69) is 16.2 Å². The summed E-state index contributed by atoms with van der Waals surface area (Å²) in [7, 11) is 0. The van der Waals surface area contributed by atoms with Gasteiger partial charge in [0.15, 0.2) is 11.3 Å². The van der Waals surface area contributed by atoms with Crippen LogP contribution < -0.4 is 10.3 Å². The minimum atomic E-state index is -0.190. The zero-order valence-electron chi connectivity index (χ0n) is 22.5. The quantitative estimate of drug-likeness (QED) is 0.295. The first-order valence-electron chi connectivity index (χ1n) is 13.8. The van der Waals surface area contributed by atoms with Gasteiger partial charge in [-0.05, 0) is 76.1 Å². The van der Waals surface area contributed by atoms with Crippen molar-refractivity contribution in [2.24, 2.45) is 5.92 Å². The lowest BCUT2D eigenvalue weighted by Crippen LogP contribution is -2.33. The number of ether oxygens (including phenoxy) is 2. The van der Waals surface area contributed by atoms with Crippen LogP contribution in [-0.2, 0) is 9.53 Å². The van der Waals surface area contributed by atoms with Crippen molar-refractivity contribution in [1.29, 1.82) is 0 Å². The highest BCUT2D eigenvalue weighted by Gasteiger charge is 2.28. The highest BCUT2D eigenvalue weighted by Crippen LogP contribution is 2.37. The number of H-pyrrole nitrogens is 1. The number of rotatable bonds is 9. The van der Waals surface area contributed by atoms with Gasteiger partial charge in [-0.25, -0.2) is 13.8 Å². The standard InChI is InChI=1S/C28H37N5O4S/c1-4-16-37-23-11-10-21(38-32-14-12-20(13-15-32)28(35)36-5-2)17-22(23)25-30-27(34)24-18(3)29-26(33(24)31-25)19-8-6-7-9-19/h10-11,17,19-20H,4-9,12-16H2,1-3H3,(H,30,31,34). The summed E-state index contributed by atoms with van der Waals surface area (Å²) < 4.78 is 15.3. The first-order chi connectivity index (χ1) is 18.5. The van der Waals surface area contributed by atoms with Crippen molar-refractivity contribution in [2.45, 2.75) is 76.5 Å². The second-order valence-corrected chi connectivity index (χ2v) is 11.3. The van der Waals surface area contributed by atoms with Gasteiger partial charge in [0.2, 0.25) is 0 Å². The van der Waals surface area contributed by atoms with Crippen molar-refractivity contribution in [1.82, 2.24) is 23.9 Å². The molecule has 2 fully saturated rings.